The van der Waals surface area contributed by atoms with Gasteiger partial charge in [-0.2, -0.15) is 0 Å². The summed E-state index contributed by atoms with van der Waals surface area (Å²) in [4.78, 5) is 0. The van der Waals surface area contributed by atoms with Gasteiger partial charge < -0.3 is 10.5 Å². The molecule has 0 radical (unpaired) electrons. The molecule has 0 fully saturated rings. The van der Waals surface area contributed by atoms with Crippen molar-refractivity contribution < 1.29 is 4.74 Å². The van der Waals surface area contributed by atoms with Crippen LogP contribution in [0.3, 0.4) is 0 Å². The van der Waals surface area contributed by atoms with Crippen molar-refractivity contribution in [2.75, 3.05) is 6.61 Å². The second-order valence-electron chi connectivity index (χ2n) is 5.24. The quantitative estimate of drug-likeness (QED) is 0.786. The van der Waals surface area contributed by atoms with Crippen molar-refractivity contribution in [3.8, 4) is 22.7 Å². The van der Waals surface area contributed by atoms with Crippen molar-refractivity contribution in [2.24, 2.45) is 5.73 Å². The molecule has 3 aromatic rings. The van der Waals surface area contributed by atoms with Crippen LogP contribution in [0.1, 0.15) is 18.2 Å². The fourth-order valence-corrected chi connectivity index (χ4v) is 2.59. The van der Waals surface area contributed by atoms with Gasteiger partial charge >= 0.3 is 0 Å². The molecule has 0 saturated carbocycles. The summed E-state index contributed by atoms with van der Waals surface area (Å²) >= 11 is 0. The van der Waals surface area contributed by atoms with E-state index in [2.05, 4.69) is 29.4 Å². The van der Waals surface area contributed by atoms with E-state index in [-0.39, 0.29) is 0 Å². The van der Waals surface area contributed by atoms with E-state index in [4.69, 9.17) is 10.5 Å². The Bertz CT molecular complexity index is 793. The summed E-state index contributed by atoms with van der Waals surface area (Å²) in [5.41, 5.74) is 10.8. The number of aromatic nitrogens is 3. The molecule has 0 bridgehead atoms. The Hall–Kier alpha value is -2.66. The number of benzene rings is 2. The van der Waals surface area contributed by atoms with Gasteiger partial charge in [0.25, 0.3) is 0 Å². The van der Waals surface area contributed by atoms with Crippen LogP contribution >= 0.6 is 0 Å². The zero-order valence-corrected chi connectivity index (χ0v) is 13.4. The third-order valence-electron chi connectivity index (χ3n) is 3.73. The molecule has 0 saturated heterocycles. The number of ether oxygens (including phenoxy) is 1. The summed E-state index contributed by atoms with van der Waals surface area (Å²) in [6.45, 7) is 5.04. The van der Waals surface area contributed by atoms with Crippen LogP contribution < -0.4 is 10.5 Å². The summed E-state index contributed by atoms with van der Waals surface area (Å²) in [5.74, 6) is 0.841. The number of aryl methyl sites for hydroxylation is 1. The highest BCUT2D eigenvalue weighted by Gasteiger charge is 2.16. The summed E-state index contributed by atoms with van der Waals surface area (Å²) < 4.78 is 7.33. The molecule has 1 aromatic heterocycles. The Kier molecular flexibility index (Phi) is 4.39. The van der Waals surface area contributed by atoms with Crippen LogP contribution in [-0.2, 0) is 6.54 Å². The SMILES string of the molecule is CCOc1ccc(-n2nnc(CN)c2-c2ccccc2C)cc1. The molecule has 0 spiro atoms. The van der Waals surface area contributed by atoms with Gasteiger partial charge in [-0.15, -0.1) is 5.10 Å². The molecular formula is C18H20N4O. The molecule has 0 atom stereocenters. The average Bonchev–Trinajstić information content (AvgIpc) is 3.00. The van der Waals surface area contributed by atoms with E-state index in [1.165, 1.54) is 0 Å². The smallest absolute Gasteiger partial charge is 0.119 e. The second-order valence-corrected chi connectivity index (χ2v) is 5.24. The first-order valence-corrected chi connectivity index (χ1v) is 7.68. The molecule has 0 aliphatic heterocycles. The summed E-state index contributed by atoms with van der Waals surface area (Å²) in [7, 11) is 0. The van der Waals surface area contributed by atoms with Crippen molar-refractivity contribution in [1.82, 2.24) is 15.0 Å². The lowest BCUT2D eigenvalue weighted by molar-refractivity contribution is 0.340. The minimum Gasteiger partial charge on any atom is -0.494 e. The molecular weight excluding hydrogens is 288 g/mol. The molecule has 0 amide bonds. The first-order chi connectivity index (χ1) is 11.2. The number of hydrogen-bond acceptors (Lipinski definition) is 4. The molecule has 1 heterocycles. The molecule has 23 heavy (non-hydrogen) atoms. The van der Waals surface area contributed by atoms with Crippen molar-refractivity contribution in [1.29, 1.82) is 0 Å². The predicted molar refractivity (Wildman–Crippen MR) is 90.6 cm³/mol. The van der Waals surface area contributed by atoms with Gasteiger partial charge in [0.15, 0.2) is 0 Å². The van der Waals surface area contributed by atoms with E-state index < -0.39 is 0 Å². The van der Waals surface area contributed by atoms with E-state index in [0.717, 1.165) is 34.0 Å². The van der Waals surface area contributed by atoms with Crippen LogP contribution in [0.15, 0.2) is 48.5 Å². The van der Waals surface area contributed by atoms with E-state index in [9.17, 15) is 0 Å². The van der Waals surface area contributed by atoms with E-state index in [0.29, 0.717) is 13.2 Å². The first kappa shape index (κ1) is 15.2. The van der Waals surface area contributed by atoms with Crippen molar-refractivity contribution in [3.63, 3.8) is 0 Å². The van der Waals surface area contributed by atoms with E-state index >= 15 is 0 Å². The Labute approximate surface area is 135 Å². The average molecular weight is 308 g/mol. The third kappa shape index (κ3) is 2.96. The molecule has 5 heteroatoms. The van der Waals surface area contributed by atoms with Gasteiger partial charge in [-0.3, -0.25) is 0 Å². The van der Waals surface area contributed by atoms with Crippen LogP contribution in [0.5, 0.6) is 5.75 Å². The number of nitrogens with two attached hydrogens (primary N) is 1. The standard InChI is InChI=1S/C18H20N4O/c1-3-23-15-10-8-14(9-11-15)22-18(17(12-19)20-21-22)16-7-5-4-6-13(16)2/h4-11H,3,12,19H2,1-2H3. The summed E-state index contributed by atoms with van der Waals surface area (Å²) in [5, 5.41) is 8.54. The Morgan fingerprint density at radius 1 is 1.09 bits per heavy atom. The molecule has 0 unspecified atom stereocenters. The highest BCUT2D eigenvalue weighted by molar-refractivity contribution is 5.67. The first-order valence-electron chi connectivity index (χ1n) is 7.68. The minimum absolute atomic E-state index is 0.348. The Morgan fingerprint density at radius 2 is 1.83 bits per heavy atom. The fraction of sp³-hybridized carbons (Fsp3) is 0.222. The van der Waals surface area contributed by atoms with Crippen LogP contribution in [0.2, 0.25) is 0 Å². The van der Waals surface area contributed by atoms with Crippen molar-refractivity contribution in [3.05, 3.63) is 59.8 Å². The summed E-state index contributed by atoms with van der Waals surface area (Å²) in [6, 6.07) is 16.0. The summed E-state index contributed by atoms with van der Waals surface area (Å²) in [6.07, 6.45) is 0. The maximum absolute atomic E-state index is 5.86. The molecule has 118 valence electrons. The topological polar surface area (TPSA) is 66.0 Å². The van der Waals surface area contributed by atoms with Crippen molar-refractivity contribution >= 4 is 0 Å². The second kappa shape index (κ2) is 6.62. The largest absolute Gasteiger partial charge is 0.494 e. The van der Waals surface area contributed by atoms with E-state index in [1.54, 1.807) is 0 Å². The third-order valence-corrected chi connectivity index (χ3v) is 3.73. The number of rotatable bonds is 5. The highest BCUT2D eigenvalue weighted by Crippen LogP contribution is 2.28. The molecule has 3 rings (SSSR count). The van der Waals surface area contributed by atoms with Gasteiger partial charge in [0.05, 0.1) is 18.0 Å². The lowest BCUT2D eigenvalue weighted by atomic mass is 10.0. The van der Waals surface area contributed by atoms with Gasteiger partial charge in [0.2, 0.25) is 0 Å². The monoisotopic (exact) mass is 308 g/mol. The van der Waals surface area contributed by atoms with Crippen LogP contribution in [-0.4, -0.2) is 21.6 Å². The molecule has 5 nitrogen and oxygen atoms in total. The van der Waals surface area contributed by atoms with Crippen LogP contribution in [0.25, 0.3) is 16.9 Å². The van der Waals surface area contributed by atoms with Crippen LogP contribution in [0, 0.1) is 6.92 Å². The molecule has 2 N–H and O–H groups in total. The Balaban J connectivity index is 2.10. The minimum atomic E-state index is 0.348. The maximum atomic E-state index is 5.86. The predicted octanol–water partition coefficient (Wildman–Crippen LogP) is 3.10. The number of hydrogen-bond donors (Lipinski definition) is 1. The zero-order valence-electron chi connectivity index (χ0n) is 13.4. The number of nitrogens with zero attached hydrogens (tertiary/aromatic N) is 3. The molecule has 0 aliphatic carbocycles. The van der Waals surface area contributed by atoms with Crippen LogP contribution in [0.4, 0.5) is 0 Å². The normalized spacial score (nSPS) is 10.7. The zero-order chi connectivity index (χ0) is 16.2. The maximum Gasteiger partial charge on any atom is 0.119 e. The lowest BCUT2D eigenvalue weighted by Crippen LogP contribution is -2.03. The molecule has 0 aliphatic rings. The van der Waals surface area contributed by atoms with E-state index in [1.807, 2.05) is 48.0 Å². The van der Waals surface area contributed by atoms with Gasteiger partial charge in [-0.05, 0) is 43.7 Å². The fourth-order valence-electron chi connectivity index (χ4n) is 2.59. The molecule has 2 aromatic carbocycles. The van der Waals surface area contributed by atoms with Gasteiger partial charge in [-0.1, -0.05) is 29.5 Å². The lowest BCUT2D eigenvalue weighted by Gasteiger charge is -2.11. The van der Waals surface area contributed by atoms with Gasteiger partial charge in [-0.25, -0.2) is 4.68 Å². The Morgan fingerprint density at radius 3 is 2.48 bits per heavy atom. The van der Waals surface area contributed by atoms with Gasteiger partial charge in [0.1, 0.15) is 11.4 Å². The van der Waals surface area contributed by atoms with Crippen molar-refractivity contribution in [2.45, 2.75) is 20.4 Å². The van der Waals surface area contributed by atoms with Gasteiger partial charge in [0, 0.05) is 12.1 Å². The highest BCUT2D eigenvalue weighted by atomic mass is 16.5.